The first-order valence-corrected chi connectivity index (χ1v) is 14.9. The SMILES string of the molecule is CN(C)C(=O)OCC(=O)N[C@@H](Cc1cccc(C#N)c1)[C@H](O)CN[C@H]1CC2(CCC2)Oc2ccc(N3CCOCC3)cc21. The Bertz CT molecular complexity index is 1330. The van der Waals surface area contributed by atoms with Crippen molar-refractivity contribution in [3.05, 3.63) is 59.2 Å². The van der Waals surface area contributed by atoms with Gasteiger partial charge in [0.2, 0.25) is 0 Å². The lowest BCUT2D eigenvalue weighted by atomic mass is 9.73. The van der Waals surface area contributed by atoms with Gasteiger partial charge >= 0.3 is 6.09 Å². The summed E-state index contributed by atoms with van der Waals surface area (Å²) in [6, 6.07) is 14.8. The average Bonchev–Trinajstić information content (AvgIpc) is 3.01. The molecule has 2 aliphatic heterocycles. The Labute approximate surface area is 252 Å². The molecule has 0 aromatic heterocycles. The molecule has 1 saturated heterocycles. The number of amides is 2. The maximum absolute atomic E-state index is 12.8. The first-order valence-electron chi connectivity index (χ1n) is 14.9. The minimum Gasteiger partial charge on any atom is -0.487 e. The third kappa shape index (κ3) is 7.57. The number of carbonyl (C=O) groups is 2. The van der Waals surface area contributed by atoms with Crippen molar-refractivity contribution >= 4 is 17.7 Å². The predicted octanol–water partition coefficient (Wildman–Crippen LogP) is 2.52. The first-order chi connectivity index (χ1) is 20.7. The molecule has 3 aliphatic rings. The minimum atomic E-state index is -0.967. The lowest BCUT2D eigenvalue weighted by Gasteiger charge is -2.48. The van der Waals surface area contributed by atoms with Crippen molar-refractivity contribution in [1.82, 2.24) is 15.5 Å². The number of carbonyl (C=O) groups excluding carboxylic acids is 2. The molecule has 2 aromatic carbocycles. The zero-order valence-corrected chi connectivity index (χ0v) is 24.9. The molecule has 3 atom stereocenters. The van der Waals surface area contributed by atoms with Crippen molar-refractivity contribution in [1.29, 1.82) is 5.26 Å². The highest BCUT2D eigenvalue weighted by Crippen LogP contribution is 2.49. The number of aliphatic hydroxyl groups excluding tert-OH is 1. The minimum absolute atomic E-state index is 0.0426. The fourth-order valence-corrected chi connectivity index (χ4v) is 5.95. The molecule has 2 heterocycles. The molecule has 11 nitrogen and oxygen atoms in total. The number of hydrogen-bond donors (Lipinski definition) is 3. The number of fused-ring (bicyclic) bond motifs is 1. The maximum atomic E-state index is 12.8. The summed E-state index contributed by atoms with van der Waals surface area (Å²) in [5.41, 5.74) is 3.28. The molecule has 43 heavy (non-hydrogen) atoms. The van der Waals surface area contributed by atoms with Gasteiger partial charge in [-0.2, -0.15) is 5.26 Å². The molecule has 0 unspecified atom stereocenters. The molecular weight excluding hydrogens is 550 g/mol. The topological polar surface area (TPSA) is 136 Å². The van der Waals surface area contributed by atoms with Crippen LogP contribution < -0.4 is 20.3 Å². The van der Waals surface area contributed by atoms with Crippen LogP contribution in [-0.4, -0.2) is 93.3 Å². The van der Waals surface area contributed by atoms with Gasteiger partial charge in [0.1, 0.15) is 11.4 Å². The highest BCUT2D eigenvalue weighted by molar-refractivity contribution is 5.80. The lowest BCUT2D eigenvalue weighted by Crippen LogP contribution is -2.52. The van der Waals surface area contributed by atoms with Crippen molar-refractivity contribution in [2.75, 3.05) is 58.5 Å². The van der Waals surface area contributed by atoms with E-state index in [1.807, 2.05) is 6.07 Å². The standard InChI is InChI=1S/C32H41N5O6/c1-36(2)31(40)42-21-30(39)35-26(16-22-5-3-6-23(15-22)19-33)28(38)20-34-27-18-32(9-4-10-32)43-29-8-7-24(17-25(27)29)37-11-13-41-14-12-37/h3,5-8,15,17,26-28,34,38H,4,9-14,16,18,20-21H2,1-2H3,(H,35,39)/t26-,27-,28+/m0/s1. The Morgan fingerprint density at radius 2 is 2.00 bits per heavy atom. The molecule has 0 radical (unpaired) electrons. The molecule has 1 saturated carbocycles. The molecule has 1 spiro atoms. The largest absolute Gasteiger partial charge is 0.487 e. The van der Waals surface area contributed by atoms with Gasteiger partial charge in [-0.1, -0.05) is 12.1 Å². The summed E-state index contributed by atoms with van der Waals surface area (Å²) in [5.74, 6) is 0.353. The maximum Gasteiger partial charge on any atom is 0.409 e. The van der Waals surface area contributed by atoms with Crippen LogP contribution in [-0.2, 0) is 20.7 Å². The van der Waals surface area contributed by atoms with Gasteiger partial charge < -0.3 is 39.8 Å². The number of rotatable bonds is 10. The number of nitrogens with one attached hydrogen (secondary N) is 2. The number of nitriles is 1. The zero-order valence-electron chi connectivity index (χ0n) is 24.9. The number of ether oxygens (including phenoxy) is 3. The number of hydrogen-bond acceptors (Lipinski definition) is 9. The number of aliphatic hydroxyl groups is 1. The van der Waals surface area contributed by atoms with E-state index >= 15 is 0 Å². The van der Waals surface area contributed by atoms with E-state index in [0.717, 1.165) is 61.3 Å². The second-order valence-electron chi connectivity index (χ2n) is 11.8. The monoisotopic (exact) mass is 591 g/mol. The van der Waals surface area contributed by atoms with E-state index in [9.17, 15) is 20.0 Å². The third-order valence-corrected chi connectivity index (χ3v) is 8.50. The second kappa shape index (κ2) is 13.6. The van der Waals surface area contributed by atoms with Crippen LogP contribution in [0.15, 0.2) is 42.5 Å². The van der Waals surface area contributed by atoms with Gasteiger partial charge in [-0.25, -0.2) is 4.79 Å². The first kappa shape index (κ1) is 30.6. The summed E-state index contributed by atoms with van der Waals surface area (Å²) in [6.07, 6.45) is 2.61. The summed E-state index contributed by atoms with van der Waals surface area (Å²) in [7, 11) is 3.07. The van der Waals surface area contributed by atoms with E-state index in [0.29, 0.717) is 25.2 Å². The number of morpholine rings is 1. The summed E-state index contributed by atoms with van der Waals surface area (Å²) in [6.45, 7) is 2.80. The van der Waals surface area contributed by atoms with Gasteiger partial charge in [0.25, 0.3) is 5.91 Å². The molecule has 1 aliphatic carbocycles. The fraction of sp³-hybridized carbons (Fsp3) is 0.531. The van der Waals surface area contributed by atoms with Gasteiger partial charge in [0.05, 0.1) is 37.0 Å². The summed E-state index contributed by atoms with van der Waals surface area (Å²) in [5, 5.41) is 27.2. The molecule has 5 rings (SSSR count). The molecule has 2 amide bonds. The van der Waals surface area contributed by atoms with Crippen molar-refractivity contribution in [2.45, 2.75) is 55.9 Å². The zero-order chi connectivity index (χ0) is 30.4. The van der Waals surface area contributed by atoms with Crippen LogP contribution in [0.1, 0.15) is 48.4 Å². The summed E-state index contributed by atoms with van der Waals surface area (Å²) >= 11 is 0. The summed E-state index contributed by atoms with van der Waals surface area (Å²) < 4.78 is 17.1. The Hall–Kier alpha value is -3.85. The number of anilines is 1. The Morgan fingerprint density at radius 1 is 1.21 bits per heavy atom. The Morgan fingerprint density at radius 3 is 2.70 bits per heavy atom. The molecular formula is C32H41N5O6. The van der Waals surface area contributed by atoms with Crippen LogP contribution in [0, 0.1) is 11.3 Å². The molecule has 3 N–H and O–H groups in total. The summed E-state index contributed by atoms with van der Waals surface area (Å²) in [4.78, 5) is 28.1. The highest BCUT2D eigenvalue weighted by Gasteiger charge is 2.45. The van der Waals surface area contributed by atoms with E-state index in [2.05, 4.69) is 39.8 Å². The van der Waals surface area contributed by atoms with E-state index in [-0.39, 0.29) is 18.2 Å². The normalized spacial score (nSPS) is 20.0. The van der Waals surface area contributed by atoms with E-state index in [1.54, 1.807) is 18.2 Å². The van der Waals surface area contributed by atoms with Crippen molar-refractivity contribution in [3.63, 3.8) is 0 Å². The van der Waals surface area contributed by atoms with Gasteiger partial charge in [0.15, 0.2) is 6.61 Å². The van der Waals surface area contributed by atoms with Crippen LogP contribution in [0.3, 0.4) is 0 Å². The van der Waals surface area contributed by atoms with Crippen LogP contribution in [0.25, 0.3) is 0 Å². The second-order valence-corrected chi connectivity index (χ2v) is 11.8. The highest BCUT2D eigenvalue weighted by atomic mass is 16.6. The number of benzene rings is 2. The van der Waals surface area contributed by atoms with Crippen LogP contribution >= 0.6 is 0 Å². The molecule has 2 fully saturated rings. The Kier molecular flexibility index (Phi) is 9.70. The van der Waals surface area contributed by atoms with E-state index in [4.69, 9.17) is 14.2 Å². The third-order valence-electron chi connectivity index (χ3n) is 8.50. The van der Waals surface area contributed by atoms with Gasteiger partial charge in [-0.05, 0) is 61.6 Å². The van der Waals surface area contributed by atoms with E-state index < -0.39 is 30.8 Å². The predicted molar refractivity (Wildman–Crippen MR) is 160 cm³/mol. The Balaban J connectivity index is 1.31. The lowest BCUT2D eigenvalue weighted by molar-refractivity contribution is -0.125. The average molecular weight is 592 g/mol. The smallest absolute Gasteiger partial charge is 0.409 e. The van der Waals surface area contributed by atoms with Crippen molar-refractivity contribution < 1.29 is 28.9 Å². The van der Waals surface area contributed by atoms with Gasteiger partial charge in [-0.3, -0.25) is 4.79 Å². The molecule has 0 bridgehead atoms. The number of nitrogens with zero attached hydrogens (tertiary/aromatic N) is 3. The fourth-order valence-electron chi connectivity index (χ4n) is 5.95. The van der Waals surface area contributed by atoms with Crippen molar-refractivity contribution in [2.24, 2.45) is 0 Å². The van der Waals surface area contributed by atoms with Crippen LogP contribution in [0.2, 0.25) is 0 Å². The van der Waals surface area contributed by atoms with Crippen LogP contribution in [0.4, 0.5) is 10.5 Å². The molecule has 2 aromatic rings. The van der Waals surface area contributed by atoms with E-state index in [1.165, 1.54) is 19.0 Å². The quantitative estimate of drug-likeness (QED) is 0.381. The van der Waals surface area contributed by atoms with Crippen LogP contribution in [0.5, 0.6) is 5.75 Å². The molecule has 230 valence electrons. The van der Waals surface area contributed by atoms with Gasteiger partial charge in [0, 0.05) is 57.4 Å². The van der Waals surface area contributed by atoms with Crippen molar-refractivity contribution in [3.8, 4) is 11.8 Å². The molecule has 11 heteroatoms. The van der Waals surface area contributed by atoms with Gasteiger partial charge in [-0.15, -0.1) is 0 Å².